The molecule has 0 amide bonds. The van der Waals surface area contributed by atoms with Gasteiger partial charge in [-0.3, -0.25) is 0 Å². The number of carboxylic acid groups (broad SMARTS) is 1. The van der Waals surface area contributed by atoms with E-state index in [4.69, 9.17) is 5.11 Å². The second kappa shape index (κ2) is 21.5. The Balaban J connectivity index is 3.12. The maximum absolute atomic E-state index is 10.5. The minimum Gasteiger partial charge on any atom is -0.479 e. The Hall–Kier alpha value is -0.830. The van der Waals surface area contributed by atoms with Gasteiger partial charge in [0.2, 0.25) is 0 Å². The summed E-state index contributed by atoms with van der Waals surface area (Å²) in [6, 6.07) is 0. The number of aliphatic hydroxyl groups is 1. The van der Waals surface area contributed by atoms with Crippen LogP contribution < -0.4 is 0 Å². The van der Waals surface area contributed by atoms with Crippen molar-refractivity contribution in [2.24, 2.45) is 0 Å². The molecule has 3 nitrogen and oxygen atoms in total. The van der Waals surface area contributed by atoms with Crippen LogP contribution in [0.15, 0.2) is 12.2 Å². The van der Waals surface area contributed by atoms with E-state index in [1.807, 2.05) is 0 Å². The van der Waals surface area contributed by atoms with E-state index in [0.29, 0.717) is 6.42 Å². The van der Waals surface area contributed by atoms with E-state index in [2.05, 4.69) is 19.1 Å². The smallest absolute Gasteiger partial charge is 0.332 e. The van der Waals surface area contributed by atoms with E-state index in [1.165, 1.54) is 96.3 Å². The topological polar surface area (TPSA) is 57.5 Å². The highest BCUT2D eigenvalue weighted by atomic mass is 16.4. The van der Waals surface area contributed by atoms with Crippen LogP contribution >= 0.6 is 0 Å². The molecule has 0 saturated carbocycles. The molecule has 1 atom stereocenters. The van der Waals surface area contributed by atoms with Crippen LogP contribution in [0.4, 0.5) is 0 Å². The molecule has 0 bridgehead atoms. The van der Waals surface area contributed by atoms with Crippen LogP contribution in [0.2, 0.25) is 0 Å². The maximum Gasteiger partial charge on any atom is 0.332 e. The molecule has 0 spiro atoms. The Kier molecular flexibility index (Phi) is 20.8. The Bertz CT molecular complexity index is 339. The molecule has 0 aromatic carbocycles. The van der Waals surface area contributed by atoms with Gasteiger partial charge in [0.15, 0.2) is 6.10 Å². The minimum absolute atomic E-state index is 0.392. The van der Waals surface area contributed by atoms with E-state index in [0.717, 1.165) is 19.3 Å². The first kappa shape index (κ1) is 26.2. The summed E-state index contributed by atoms with van der Waals surface area (Å²) in [5.74, 6) is -1.09. The predicted octanol–water partition coefficient (Wildman–Crippen LogP) is 7.42. The summed E-state index contributed by atoms with van der Waals surface area (Å²) in [5, 5.41) is 17.8. The van der Waals surface area contributed by atoms with Crippen molar-refractivity contribution in [1.29, 1.82) is 0 Å². The van der Waals surface area contributed by atoms with Crippen LogP contribution in [0.5, 0.6) is 0 Å². The fourth-order valence-corrected chi connectivity index (χ4v) is 3.42. The molecule has 0 rings (SSSR count). The molecule has 0 unspecified atom stereocenters. The normalized spacial score (nSPS) is 12.7. The highest BCUT2D eigenvalue weighted by Gasteiger charge is 2.11. The number of carbonyl (C=O) groups is 1. The van der Waals surface area contributed by atoms with Gasteiger partial charge < -0.3 is 10.2 Å². The van der Waals surface area contributed by atoms with Crippen LogP contribution in [-0.4, -0.2) is 22.3 Å². The average molecular weight is 383 g/mol. The molecule has 27 heavy (non-hydrogen) atoms. The van der Waals surface area contributed by atoms with Crippen molar-refractivity contribution in [3.05, 3.63) is 12.2 Å². The zero-order valence-electron chi connectivity index (χ0n) is 18.0. The summed E-state index contributed by atoms with van der Waals surface area (Å²) in [6.07, 6.45) is 27.1. The van der Waals surface area contributed by atoms with Crippen molar-refractivity contribution in [1.82, 2.24) is 0 Å². The van der Waals surface area contributed by atoms with E-state index in [-0.39, 0.29) is 0 Å². The highest BCUT2D eigenvalue weighted by Crippen LogP contribution is 2.13. The molecule has 0 aromatic heterocycles. The van der Waals surface area contributed by atoms with Gasteiger partial charge in [-0.05, 0) is 32.1 Å². The summed E-state index contributed by atoms with van der Waals surface area (Å²) >= 11 is 0. The van der Waals surface area contributed by atoms with Crippen molar-refractivity contribution < 1.29 is 15.0 Å². The Morgan fingerprint density at radius 2 is 1.04 bits per heavy atom. The molecule has 3 heteroatoms. The fraction of sp³-hybridized carbons (Fsp3) is 0.875. The number of rotatable bonds is 21. The lowest BCUT2D eigenvalue weighted by atomic mass is 10.0. The second-order valence-electron chi connectivity index (χ2n) is 7.99. The van der Waals surface area contributed by atoms with Crippen LogP contribution in [0.25, 0.3) is 0 Å². The maximum atomic E-state index is 10.5. The molecule has 0 aromatic rings. The van der Waals surface area contributed by atoms with Gasteiger partial charge in [0, 0.05) is 0 Å². The molecule has 0 aliphatic carbocycles. The van der Waals surface area contributed by atoms with Crippen molar-refractivity contribution in [2.45, 2.75) is 135 Å². The van der Waals surface area contributed by atoms with Crippen molar-refractivity contribution >= 4 is 5.97 Å². The first-order chi connectivity index (χ1) is 13.2. The van der Waals surface area contributed by atoms with E-state index >= 15 is 0 Å². The van der Waals surface area contributed by atoms with Crippen molar-refractivity contribution in [3.8, 4) is 0 Å². The SMILES string of the molecule is CCCCCCCC/C=C\CCCCCCCCCCCC[C@@H](O)C(=O)O. The number of unbranched alkanes of at least 4 members (excludes halogenated alkanes) is 16. The molecule has 0 radical (unpaired) electrons. The Labute approximate surface area is 168 Å². The molecule has 0 fully saturated rings. The summed E-state index contributed by atoms with van der Waals surface area (Å²) in [6.45, 7) is 2.27. The van der Waals surface area contributed by atoms with E-state index < -0.39 is 12.1 Å². The summed E-state index contributed by atoms with van der Waals surface area (Å²) in [5.41, 5.74) is 0. The quantitative estimate of drug-likeness (QED) is 0.160. The van der Waals surface area contributed by atoms with Gasteiger partial charge in [-0.2, -0.15) is 0 Å². The van der Waals surface area contributed by atoms with Gasteiger partial charge in [-0.15, -0.1) is 0 Å². The zero-order valence-corrected chi connectivity index (χ0v) is 18.0. The molecular formula is C24H46O3. The highest BCUT2D eigenvalue weighted by molar-refractivity contribution is 5.71. The second-order valence-corrected chi connectivity index (χ2v) is 7.99. The van der Waals surface area contributed by atoms with Crippen LogP contribution in [0.3, 0.4) is 0 Å². The molecule has 0 aliphatic heterocycles. The molecular weight excluding hydrogens is 336 g/mol. The third-order valence-electron chi connectivity index (χ3n) is 5.27. The van der Waals surface area contributed by atoms with Crippen LogP contribution in [-0.2, 0) is 4.79 Å². The summed E-state index contributed by atoms with van der Waals surface area (Å²) in [4.78, 5) is 10.5. The monoisotopic (exact) mass is 382 g/mol. The van der Waals surface area contributed by atoms with E-state index in [1.54, 1.807) is 0 Å². The Morgan fingerprint density at radius 1 is 0.667 bits per heavy atom. The molecule has 0 heterocycles. The lowest BCUT2D eigenvalue weighted by Gasteiger charge is -2.05. The van der Waals surface area contributed by atoms with Crippen molar-refractivity contribution in [3.63, 3.8) is 0 Å². The molecule has 2 N–H and O–H groups in total. The number of carboxylic acids is 1. The first-order valence-corrected chi connectivity index (χ1v) is 11.7. The number of aliphatic hydroxyl groups excluding tert-OH is 1. The van der Waals surface area contributed by atoms with Crippen LogP contribution in [0.1, 0.15) is 129 Å². The third-order valence-corrected chi connectivity index (χ3v) is 5.27. The fourth-order valence-electron chi connectivity index (χ4n) is 3.42. The van der Waals surface area contributed by atoms with E-state index in [9.17, 15) is 9.90 Å². The first-order valence-electron chi connectivity index (χ1n) is 11.7. The summed E-state index contributed by atoms with van der Waals surface area (Å²) in [7, 11) is 0. The van der Waals surface area contributed by atoms with Gasteiger partial charge in [0.25, 0.3) is 0 Å². The summed E-state index contributed by atoms with van der Waals surface area (Å²) < 4.78 is 0. The number of hydrogen-bond acceptors (Lipinski definition) is 2. The van der Waals surface area contributed by atoms with Crippen molar-refractivity contribution in [2.75, 3.05) is 0 Å². The minimum atomic E-state index is -1.17. The largest absolute Gasteiger partial charge is 0.479 e. The average Bonchev–Trinajstić information content (AvgIpc) is 2.66. The zero-order chi connectivity index (χ0) is 20.0. The molecule has 0 saturated heterocycles. The number of allylic oxidation sites excluding steroid dienone is 2. The number of aliphatic carboxylic acids is 1. The van der Waals surface area contributed by atoms with Gasteiger partial charge in [0.05, 0.1) is 0 Å². The lowest BCUT2D eigenvalue weighted by molar-refractivity contribution is -0.146. The lowest BCUT2D eigenvalue weighted by Crippen LogP contribution is -2.18. The third kappa shape index (κ3) is 21.3. The Morgan fingerprint density at radius 3 is 1.44 bits per heavy atom. The van der Waals surface area contributed by atoms with Gasteiger partial charge in [-0.1, -0.05) is 109 Å². The van der Waals surface area contributed by atoms with Gasteiger partial charge in [0.1, 0.15) is 0 Å². The predicted molar refractivity (Wildman–Crippen MR) is 116 cm³/mol. The van der Waals surface area contributed by atoms with Crippen LogP contribution in [0, 0.1) is 0 Å². The van der Waals surface area contributed by atoms with Gasteiger partial charge >= 0.3 is 5.97 Å². The number of hydrogen-bond donors (Lipinski definition) is 2. The molecule has 160 valence electrons. The van der Waals surface area contributed by atoms with Gasteiger partial charge in [-0.25, -0.2) is 4.79 Å². The molecule has 0 aliphatic rings. The standard InChI is InChI=1S/C24H46O3/c1-2-3-4-5-6-7-8-9-10-11-12-13-14-15-16-17-18-19-20-21-22-23(25)24(26)27/h9-10,23,25H,2-8,11-22H2,1H3,(H,26,27)/b10-9-/t23-/m1/s1.